The Labute approximate surface area is 108 Å². The lowest BCUT2D eigenvalue weighted by atomic mass is 10.3. The van der Waals surface area contributed by atoms with Crippen LogP contribution in [-0.4, -0.2) is 47.2 Å². The SMILES string of the molecule is CCN(CC)CCCNC(=O)c1n[nH]c(C)c1N. The standard InChI is InChI=1S/C12H23N5O/c1-4-17(5-2)8-6-7-14-12(18)11-10(13)9(3)15-16-11/h4-8,13H2,1-3H3,(H,14,18)(H,15,16). The van der Waals surface area contributed by atoms with Gasteiger partial charge in [-0.3, -0.25) is 9.89 Å². The van der Waals surface area contributed by atoms with Gasteiger partial charge < -0.3 is 16.0 Å². The van der Waals surface area contributed by atoms with Crippen molar-refractivity contribution in [2.45, 2.75) is 27.2 Å². The van der Waals surface area contributed by atoms with Crippen LogP contribution in [0.4, 0.5) is 5.69 Å². The summed E-state index contributed by atoms with van der Waals surface area (Å²) in [5.74, 6) is -0.212. The third-order valence-corrected chi connectivity index (χ3v) is 3.04. The molecule has 6 heteroatoms. The number of nitrogens with two attached hydrogens (primary N) is 1. The van der Waals surface area contributed by atoms with Crippen molar-refractivity contribution >= 4 is 11.6 Å². The molecule has 18 heavy (non-hydrogen) atoms. The van der Waals surface area contributed by atoms with Gasteiger partial charge in [-0.2, -0.15) is 5.10 Å². The van der Waals surface area contributed by atoms with Crippen molar-refractivity contribution in [3.8, 4) is 0 Å². The van der Waals surface area contributed by atoms with Crippen molar-refractivity contribution in [1.82, 2.24) is 20.4 Å². The molecule has 4 N–H and O–H groups in total. The van der Waals surface area contributed by atoms with E-state index >= 15 is 0 Å². The van der Waals surface area contributed by atoms with Crippen molar-refractivity contribution in [3.05, 3.63) is 11.4 Å². The first-order valence-corrected chi connectivity index (χ1v) is 6.41. The number of aromatic amines is 1. The topological polar surface area (TPSA) is 87.0 Å². The number of aryl methyl sites for hydroxylation is 1. The van der Waals surface area contributed by atoms with Crippen molar-refractivity contribution in [2.24, 2.45) is 0 Å². The van der Waals surface area contributed by atoms with E-state index in [4.69, 9.17) is 5.73 Å². The molecule has 6 nitrogen and oxygen atoms in total. The zero-order chi connectivity index (χ0) is 13.5. The Kier molecular flexibility index (Phi) is 5.64. The number of nitrogens with zero attached hydrogens (tertiary/aromatic N) is 2. The average molecular weight is 253 g/mol. The summed E-state index contributed by atoms with van der Waals surface area (Å²) in [7, 11) is 0. The summed E-state index contributed by atoms with van der Waals surface area (Å²) in [6.07, 6.45) is 0.927. The Morgan fingerprint density at radius 1 is 1.44 bits per heavy atom. The quantitative estimate of drug-likeness (QED) is 0.626. The van der Waals surface area contributed by atoms with Crippen LogP contribution in [0.15, 0.2) is 0 Å². The fourth-order valence-corrected chi connectivity index (χ4v) is 1.74. The van der Waals surface area contributed by atoms with Crippen LogP contribution in [0.1, 0.15) is 36.5 Å². The average Bonchev–Trinajstić information content (AvgIpc) is 2.70. The summed E-state index contributed by atoms with van der Waals surface area (Å²) < 4.78 is 0. The Morgan fingerprint density at radius 3 is 2.61 bits per heavy atom. The molecule has 0 spiro atoms. The number of nitrogens with one attached hydrogen (secondary N) is 2. The number of rotatable bonds is 7. The molecule has 0 saturated heterocycles. The van der Waals surface area contributed by atoms with Gasteiger partial charge in [0, 0.05) is 6.54 Å². The van der Waals surface area contributed by atoms with Crippen molar-refractivity contribution in [2.75, 3.05) is 31.9 Å². The summed E-state index contributed by atoms with van der Waals surface area (Å²) in [5, 5.41) is 9.42. The first-order chi connectivity index (χ1) is 8.60. The molecule has 0 aliphatic carbocycles. The zero-order valence-electron chi connectivity index (χ0n) is 11.4. The minimum absolute atomic E-state index is 0.212. The molecule has 0 aliphatic heterocycles. The van der Waals surface area contributed by atoms with Gasteiger partial charge in [0.25, 0.3) is 5.91 Å². The molecule has 1 aromatic rings. The monoisotopic (exact) mass is 253 g/mol. The lowest BCUT2D eigenvalue weighted by molar-refractivity contribution is 0.0947. The molecule has 1 amide bonds. The number of aromatic nitrogens is 2. The minimum atomic E-state index is -0.212. The molecule has 1 rings (SSSR count). The van der Waals surface area contributed by atoms with Gasteiger partial charge in [-0.15, -0.1) is 0 Å². The maximum atomic E-state index is 11.8. The van der Waals surface area contributed by atoms with Gasteiger partial charge >= 0.3 is 0 Å². The van der Waals surface area contributed by atoms with Gasteiger partial charge in [0.05, 0.1) is 11.4 Å². The molecule has 0 saturated carbocycles. The number of hydrogen-bond donors (Lipinski definition) is 3. The second-order valence-electron chi connectivity index (χ2n) is 4.25. The number of anilines is 1. The van der Waals surface area contributed by atoms with E-state index in [-0.39, 0.29) is 11.6 Å². The third kappa shape index (κ3) is 3.73. The van der Waals surface area contributed by atoms with E-state index in [1.165, 1.54) is 0 Å². The largest absolute Gasteiger partial charge is 0.395 e. The highest BCUT2D eigenvalue weighted by atomic mass is 16.1. The van der Waals surface area contributed by atoms with Crippen LogP contribution < -0.4 is 11.1 Å². The number of hydrogen-bond acceptors (Lipinski definition) is 4. The van der Waals surface area contributed by atoms with Gasteiger partial charge in [-0.25, -0.2) is 0 Å². The number of H-pyrrole nitrogens is 1. The van der Waals surface area contributed by atoms with Gasteiger partial charge in [-0.1, -0.05) is 13.8 Å². The Hall–Kier alpha value is -1.56. The van der Waals surface area contributed by atoms with E-state index in [9.17, 15) is 4.79 Å². The highest BCUT2D eigenvalue weighted by molar-refractivity contribution is 5.97. The van der Waals surface area contributed by atoms with Crippen LogP contribution >= 0.6 is 0 Å². The molecule has 102 valence electrons. The normalized spacial score (nSPS) is 10.9. The molecule has 1 heterocycles. The van der Waals surface area contributed by atoms with Crippen LogP contribution in [0.5, 0.6) is 0 Å². The molecule has 0 fully saturated rings. The number of nitrogen functional groups attached to an aromatic ring is 1. The van der Waals surface area contributed by atoms with Gasteiger partial charge in [0.15, 0.2) is 5.69 Å². The molecule has 0 aliphatic rings. The summed E-state index contributed by atoms with van der Waals surface area (Å²) >= 11 is 0. The third-order valence-electron chi connectivity index (χ3n) is 3.04. The number of amides is 1. The van der Waals surface area contributed by atoms with Crippen molar-refractivity contribution in [1.29, 1.82) is 0 Å². The molecule has 0 aromatic carbocycles. The van der Waals surface area contributed by atoms with E-state index in [2.05, 4.69) is 34.3 Å². The Balaban J connectivity index is 2.32. The molecular formula is C12H23N5O. The molecule has 0 radical (unpaired) electrons. The van der Waals surface area contributed by atoms with Crippen LogP contribution in [-0.2, 0) is 0 Å². The van der Waals surface area contributed by atoms with E-state index in [0.29, 0.717) is 12.2 Å². The fourth-order valence-electron chi connectivity index (χ4n) is 1.74. The predicted molar refractivity (Wildman–Crippen MR) is 72.5 cm³/mol. The van der Waals surface area contributed by atoms with Gasteiger partial charge in [0.2, 0.25) is 0 Å². The molecule has 0 bridgehead atoms. The summed E-state index contributed by atoms with van der Waals surface area (Å²) in [6.45, 7) is 9.76. The highest BCUT2D eigenvalue weighted by Crippen LogP contribution is 2.11. The van der Waals surface area contributed by atoms with Crippen LogP contribution in [0, 0.1) is 6.92 Å². The van der Waals surface area contributed by atoms with Crippen LogP contribution in [0.25, 0.3) is 0 Å². The smallest absolute Gasteiger partial charge is 0.273 e. The summed E-state index contributed by atoms with van der Waals surface area (Å²) in [4.78, 5) is 14.1. The first-order valence-electron chi connectivity index (χ1n) is 6.41. The zero-order valence-corrected chi connectivity index (χ0v) is 11.4. The minimum Gasteiger partial charge on any atom is -0.395 e. The second kappa shape index (κ2) is 7.00. The first kappa shape index (κ1) is 14.5. The number of carbonyl (C=O) groups is 1. The summed E-state index contributed by atoms with van der Waals surface area (Å²) in [5.41, 5.74) is 7.18. The maximum absolute atomic E-state index is 11.8. The van der Waals surface area contributed by atoms with Crippen LogP contribution in [0.2, 0.25) is 0 Å². The molecule has 0 unspecified atom stereocenters. The van der Waals surface area contributed by atoms with Crippen molar-refractivity contribution in [3.63, 3.8) is 0 Å². The fraction of sp³-hybridized carbons (Fsp3) is 0.667. The van der Waals surface area contributed by atoms with Gasteiger partial charge in [0.1, 0.15) is 0 Å². The second-order valence-corrected chi connectivity index (χ2v) is 4.25. The Morgan fingerprint density at radius 2 is 2.11 bits per heavy atom. The van der Waals surface area contributed by atoms with Gasteiger partial charge in [-0.05, 0) is 33.0 Å². The molecule has 0 atom stereocenters. The molecule has 1 aromatic heterocycles. The number of carbonyl (C=O) groups excluding carboxylic acids is 1. The van der Waals surface area contributed by atoms with Crippen LogP contribution in [0.3, 0.4) is 0 Å². The van der Waals surface area contributed by atoms with E-state index in [0.717, 1.165) is 31.7 Å². The predicted octanol–water partition coefficient (Wildman–Crippen LogP) is 0.762. The highest BCUT2D eigenvalue weighted by Gasteiger charge is 2.14. The van der Waals surface area contributed by atoms with Crippen molar-refractivity contribution < 1.29 is 4.79 Å². The molecular weight excluding hydrogens is 230 g/mol. The van der Waals surface area contributed by atoms with E-state index in [1.807, 2.05) is 0 Å². The maximum Gasteiger partial charge on any atom is 0.273 e. The van der Waals surface area contributed by atoms with E-state index < -0.39 is 0 Å². The Bertz CT molecular complexity index is 384. The summed E-state index contributed by atoms with van der Waals surface area (Å²) in [6, 6.07) is 0. The lowest BCUT2D eigenvalue weighted by Crippen LogP contribution is -2.30. The van der Waals surface area contributed by atoms with E-state index in [1.54, 1.807) is 6.92 Å². The lowest BCUT2D eigenvalue weighted by Gasteiger charge is -2.17.